The largest absolute Gasteiger partial charge is 0.494 e. The van der Waals surface area contributed by atoms with Crippen LogP contribution in [0.3, 0.4) is 0 Å². The van der Waals surface area contributed by atoms with Crippen LogP contribution in [0.1, 0.15) is 30.1 Å². The lowest BCUT2D eigenvalue weighted by Gasteiger charge is -2.10. The number of hydrogen-bond acceptors (Lipinski definition) is 6. The van der Waals surface area contributed by atoms with E-state index in [4.69, 9.17) is 4.74 Å². The summed E-state index contributed by atoms with van der Waals surface area (Å²) in [5.41, 5.74) is 2.02. The summed E-state index contributed by atoms with van der Waals surface area (Å²) in [6.45, 7) is 2.71. The van der Waals surface area contributed by atoms with Crippen molar-refractivity contribution in [3.05, 3.63) is 76.8 Å². The number of ether oxygens (including phenoxy) is 1. The number of amides is 3. The van der Waals surface area contributed by atoms with Crippen LogP contribution in [0, 0.1) is 5.92 Å². The third-order valence-corrected chi connectivity index (χ3v) is 5.75. The normalized spacial score (nSPS) is 12.5. The van der Waals surface area contributed by atoms with Crippen molar-refractivity contribution in [1.82, 2.24) is 20.2 Å². The van der Waals surface area contributed by atoms with Gasteiger partial charge in [-0.15, -0.1) is 0 Å². The van der Waals surface area contributed by atoms with E-state index in [1.807, 2.05) is 31.2 Å². The molecule has 0 aliphatic heterocycles. The zero-order valence-electron chi connectivity index (χ0n) is 20.5. The predicted octanol–water partition coefficient (Wildman–Crippen LogP) is 2.20. The van der Waals surface area contributed by atoms with Gasteiger partial charge < -0.3 is 20.7 Å². The number of rotatable bonds is 11. The Morgan fingerprint density at radius 1 is 1.00 bits per heavy atom. The Hall–Kier alpha value is -4.47. The number of anilines is 1. The first-order valence-electron chi connectivity index (χ1n) is 12.2. The van der Waals surface area contributed by atoms with Crippen molar-refractivity contribution in [2.75, 3.05) is 25.0 Å². The second kappa shape index (κ2) is 12.0. The molecule has 0 spiro atoms. The lowest BCUT2D eigenvalue weighted by molar-refractivity contribution is -0.121. The highest BCUT2D eigenvalue weighted by atomic mass is 16.5. The van der Waals surface area contributed by atoms with E-state index in [1.165, 1.54) is 17.0 Å². The molecule has 4 rings (SSSR count). The minimum Gasteiger partial charge on any atom is -0.494 e. The average molecular weight is 504 g/mol. The second-order valence-electron chi connectivity index (χ2n) is 8.64. The summed E-state index contributed by atoms with van der Waals surface area (Å²) in [6.07, 6.45) is 3.19. The molecule has 37 heavy (non-hydrogen) atoms. The van der Waals surface area contributed by atoms with Crippen LogP contribution in [-0.4, -0.2) is 47.0 Å². The number of aromatic nitrogens is 2. The maximum atomic E-state index is 12.5. The number of nitrogens with zero attached hydrogens (tertiary/aromatic N) is 2. The van der Waals surface area contributed by atoms with Crippen molar-refractivity contribution < 1.29 is 19.1 Å². The zero-order valence-corrected chi connectivity index (χ0v) is 20.5. The number of hydrogen-bond donors (Lipinski definition) is 3. The summed E-state index contributed by atoms with van der Waals surface area (Å²) in [5, 5.41) is 8.22. The molecule has 1 aromatic heterocycles. The van der Waals surface area contributed by atoms with Crippen molar-refractivity contribution in [3.8, 4) is 17.0 Å². The monoisotopic (exact) mass is 503 g/mol. The first kappa shape index (κ1) is 25.6. The van der Waals surface area contributed by atoms with Crippen LogP contribution >= 0.6 is 0 Å². The lowest BCUT2D eigenvalue weighted by atomic mass is 10.1. The van der Waals surface area contributed by atoms with Gasteiger partial charge in [0, 0.05) is 41.9 Å². The molecule has 0 radical (unpaired) electrons. The van der Waals surface area contributed by atoms with Gasteiger partial charge in [-0.2, -0.15) is 0 Å². The molecular formula is C27H29N5O5. The molecule has 2 aromatic carbocycles. The highest BCUT2D eigenvalue weighted by Gasteiger charge is 2.29. The highest BCUT2D eigenvalue weighted by molar-refractivity contribution is 5.96. The van der Waals surface area contributed by atoms with E-state index in [9.17, 15) is 19.2 Å². The molecule has 1 heterocycles. The minimum absolute atomic E-state index is 0.00886. The Morgan fingerprint density at radius 2 is 1.70 bits per heavy atom. The standard InChI is InChI=1S/C27H29N5O5/c1-2-37-22-11-7-18(8-12-22)23-15-25(34)32(17-30-23)16-24(33)28-13-14-29-26(35)19-5-9-21(10-6-19)31-27(36)20-3-4-20/h5-12,15,17,20H,2-4,13-14,16H2,1H3,(H,28,33)(H,29,35)(H,31,36). The van der Waals surface area contributed by atoms with Gasteiger partial charge in [-0.05, 0) is 68.3 Å². The van der Waals surface area contributed by atoms with Gasteiger partial charge >= 0.3 is 0 Å². The fourth-order valence-corrected chi connectivity index (χ4v) is 3.58. The Balaban J connectivity index is 1.20. The van der Waals surface area contributed by atoms with Gasteiger partial charge in [-0.25, -0.2) is 4.98 Å². The summed E-state index contributed by atoms with van der Waals surface area (Å²) in [6, 6.07) is 15.3. The molecule has 0 saturated heterocycles. The number of nitrogens with one attached hydrogen (secondary N) is 3. The predicted molar refractivity (Wildman–Crippen MR) is 138 cm³/mol. The molecule has 1 aliphatic rings. The molecule has 10 heteroatoms. The maximum Gasteiger partial charge on any atom is 0.254 e. The van der Waals surface area contributed by atoms with Gasteiger partial charge in [0.2, 0.25) is 11.8 Å². The Bertz CT molecular complexity index is 1310. The maximum absolute atomic E-state index is 12.5. The van der Waals surface area contributed by atoms with E-state index in [1.54, 1.807) is 24.3 Å². The number of carbonyl (C=O) groups is 3. The van der Waals surface area contributed by atoms with Crippen LogP contribution in [0.15, 0.2) is 65.7 Å². The molecule has 1 saturated carbocycles. The zero-order chi connectivity index (χ0) is 26.2. The smallest absolute Gasteiger partial charge is 0.254 e. The van der Waals surface area contributed by atoms with Crippen LogP contribution in [0.5, 0.6) is 5.75 Å². The van der Waals surface area contributed by atoms with Gasteiger partial charge in [-0.3, -0.25) is 23.7 Å². The molecule has 0 bridgehead atoms. The van der Waals surface area contributed by atoms with Crippen LogP contribution in [0.2, 0.25) is 0 Å². The minimum atomic E-state index is -0.372. The van der Waals surface area contributed by atoms with Crippen molar-refractivity contribution in [2.24, 2.45) is 5.92 Å². The lowest BCUT2D eigenvalue weighted by Crippen LogP contribution is -2.37. The first-order chi connectivity index (χ1) is 17.9. The van der Waals surface area contributed by atoms with E-state index < -0.39 is 0 Å². The second-order valence-corrected chi connectivity index (χ2v) is 8.64. The molecule has 0 unspecified atom stereocenters. The molecule has 10 nitrogen and oxygen atoms in total. The van der Waals surface area contributed by atoms with Gasteiger partial charge in [0.1, 0.15) is 12.3 Å². The molecule has 1 aliphatic carbocycles. The SMILES string of the molecule is CCOc1ccc(-c2cc(=O)n(CC(=O)NCCNC(=O)c3ccc(NC(=O)C4CC4)cc3)cn2)cc1. The third kappa shape index (κ3) is 7.26. The summed E-state index contributed by atoms with van der Waals surface area (Å²) in [5.74, 6) is 0.188. The van der Waals surface area contributed by atoms with Crippen molar-refractivity contribution >= 4 is 23.4 Å². The van der Waals surface area contributed by atoms with Crippen molar-refractivity contribution in [1.29, 1.82) is 0 Å². The van der Waals surface area contributed by atoms with E-state index >= 15 is 0 Å². The number of carbonyl (C=O) groups excluding carboxylic acids is 3. The fraction of sp³-hybridized carbons (Fsp3) is 0.296. The number of benzene rings is 2. The summed E-state index contributed by atoms with van der Waals surface area (Å²) < 4.78 is 6.63. The first-order valence-corrected chi connectivity index (χ1v) is 12.2. The highest BCUT2D eigenvalue weighted by Crippen LogP contribution is 2.30. The molecule has 3 amide bonds. The molecule has 3 N–H and O–H groups in total. The summed E-state index contributed by atoms with van der Waals surface area (Å²) in [4.78, 5) is 53.1. The molecule has 192 valence electrons. The summed E-state index contributed by atoms with van der Waals surface area (Å²) in [7, 11) is 0. The quantitative estimate of drug-likeness (QED) is 0.344. The van der Waals surface area contributed by atoms with E-state index in [0.717, 1.165) is 24.2 Å². The Labute approximate surface area is 214 Å². The van der Waals surface area contributed by atoms with Gasteiger partial charge in [-0.1, -0.05) is 0 Å². The fourth-order valence-electron chi connectivity index (χ4n) is 3.58. The van der Waals surface area contributed by atoms with Crippen molar-refractivity contribution in [3.63, 3.8) is 0 Å². The molecule has 3 aromatic rings. The average Bonchev–Trinajstić information content (AvgIpc) is 3.75. The van der Waals surface area contributed by atoms with Crippen LogP contribution in [0.4, 0.5) is 5.69 Å². The van der Waals surface area contributed by atoms with Gasteiger partial charge in [0.15, 0.2) is 0 Å². The van der Waals surface area contributed by atoms with Gasteiger partial charge in [0.05, 0.1) is 18.6 Å². The topological polar surface area (TPSA) is 131 Å². The van der Waals surface area contributed by atoms with E-state index in [-0.39, 0.29) is 48.8 Å². The molecule has 0 atom stereocenters. The van der Waals surface area contributed by atoms with Crippen LogP contribution in [-0.2, 0) is 16.1 Å². The van der Waals surface area contributed by atoms with E-state index in [2.05, 4.69) is 20.9 Å². The third-order valence-electron chi connectivity index (χ3n) is 5.75. The Kier molecular flexibility index (Phi) is 8.29. The molecule has 1 fully saturated rings. The van der Waals surface area contributed by atoms with Crippen molar-refractivity contribution in [2.45, 2.75) is 26.3 Å². The molecular weight excluding hydrogens is 474 g/mol. The van der Waals surface area contributed by atoms with Crippen LogP contribution in [0.25, 0.3) is 11.3 Å². The van der Waals surface area contributed by atoms with E-state index in [0.29, 0.717) is 23.6 Å². The Morgan fingerprint density at radius 3 is 2.35 bits per heavy atom. The van der Waals surface area contributed by atoms with Crippen LogP contribution < -0.4 is 26.2 Å². The summed E-state index contributed by atoms with van der Waals surface area (Å²) >= 11 is 0. The van der Waals surface area contributed by atoms with Gasteiger partial charge in [0.25, 0.3) is 11.5 Å².